The largest absolute Gasteiger partial charge is 0.469 e. The molecule has 7 nitrogen and oxygen atoms in total. The summed E-state index contributed by atoms with van der Waals surface area (Å²) in [6, 6.07) is 0. The fraction of sp³-hybridized carbons (Fsp3) is 0.882. The van der Waals surface area contributed by atoms with Crippen LogP contribution in [-0.4, -0.2) is 64.2 Å². The molecule has 0 aromatic heterocycles. The maximum absolute atomic E-state index is 11.8. The van der Waals surface area contributed by atoms with Crippen molar-refractivity contribution in [3.05, 3.63) is 0 Å². The minimum absolute atomic E-state index is 0.0290. The number of likely N-dealkylation sites (tertiary alicyclic amines) is 1. The lowest BCUT2D eigenvalue weighted by Gasteiger charge is -2.59. The molecular weight excluding hydrogens is 314 g/mol. The van der Waals surface area contributed by atoms with Crippen molar-refractivity contribution in [3.63, 3.8) is 0 Å². The van der Waals surface area contributed by atoms with Gasteiger partial charge in [-0.25, -0.2) is 0 Å². The first-order valence-corrected chi connectivity index (χ1v) is 8.31. The molecule has 0 spiro atoms. The van der Waals surface area contributed by atoms with Crippen LogP contribution in [0.4, 0.5) is 0 Å². The van der Waals surface area contributed by atoms with Gasteiger partial charge in [0, 0.05) is 17.0 Å². The highest BCUT2D eigenvalue weighted by Crippen LogP contribution is 2.43. The second-order valence-electron chi connectivity index (χ2n) is 7.61. The van der Waals surface area contributed by atoms with Crippen LogP contribution < -0.4 is 0 Å². The number of carbonyl (C=O) groups is 2. The predicted octanol–water partition coefficient (Wildman–Crippen LogP) is 1.06. The molecule has 24 heavy (non-hydrogen) atoms. The van der Waals surface area contributed by atoms with E-state index in [-0.39, 0.29) is 30.9 Å². The number of hydrogen-bond acceptors (Lipinski definition) is 7. The van der Waals surface area contributed by atoms with Gasteiger partial charge in [-0.3, -0.25) is 14.5 Å². The van der Waals surface area contributed by atoms with Crippen LogP contribution in [0.3, 0.4) is 0 Å². The summed E-state index contributed by atoms with van der Waals surface area (Å²) in [6.07, 6.45) is -0.968. The molecule has 1 rings (SSSR count). The molecule has 2 N–H and O–H groups in total. The number of ether oxygens (including phenoxy) is 2. The van der Waals surface area contributed by atoms with E-state index in [0.717, 1.165) is 0 Å². The second kappa shape index (κ2) is 7.80. The first kappa shape index (κ1) is 20.9. The van der Waals surface area contributed by atoms with Gasteiger partial charge in [-0.2, -0.15) is 0 Å². The summed E-state index contributed by atoms with van der Waals surface area (Å²) in [5.74, 6) is -1.31. The first-order valence-electron chi connectivity index (χ1n) is 8.31. The number of methoxy groups -OCH3 is 1. The number of aliphatic hydroxyl groups is 2. The zero-order valence-electron chi connectivity index (χ0n) is 15.5. The molecule has 0 bridgehead atoms. The van der Waals surface area contributed by atoms with Gasteiger partial charge in [-0.05, 0) is 41.0 Å². The molecule has 3 unspecified atom stereocenters. The highest BCUT2D eigenvalue weighted by atomic mass is 16.5. The molecule has 7 heteroatoms. The second-order valence-corrected chi connectivity index (χ2v) is 7.61. The highest BCUT2D eigenvalue weighted by Gasteiger charge is 2.53. The van der Waals surface area contributed by atoms with Crippen molar-refractivity contribution in [3.8, 4) is 0 Å². The summed E-state index contributed by atoms with van der Waals surface area (Å²) in [5.41, 5.74) is -0.958. The molecule has 3 atom stereocenters. The minimum atomic E-state index is -0.694. The zero-order chi connectivity index (χ0) is 18.7. The molecule has 1 aliphatic heterocycles. The van der Waals surface area contributed by atoms with E-state index < -0.39 is 29.8 Å². The maximum atomic E-state index is 11.8. The quantitative estimate of drug-likeness (QED) is 0.695. The molecule has 1 heterocycles. The van der Waals surface area contributed by atoms with Gasteiger partial charge in [-0.1, -0.05) is 0 Å². The molecule has 0 aromatic carbocycles. The normalized spacial score (nSPS) is 27.3. The summed E-state index contributed by atoms with van der Waals surface area (Å²) in [7, 11) is 1.26. The number of aliphatic hydroxyl groups excluding tert-OH is 2. The third-order valence-electron chi connectivity index (χ3n) is 4.91. The van der Waals surface area contributed by atoms with Gasteiger partial charge < -0.3 is 19.7 Å². The van der Waals surface area contributed by atoms with Crippen LogP contribution in [0, 0.1) is 5.92 Å². The van der Waals surface area contributed by atoms with Crippen molar-refractivity contribution in [2.45, 2.75) is 77.3 Å². The number of nitrogens with zero attached hydrogens (tertiary/aromatic N) is 1. The summed E-state index contributed by atoms with van der Waals surface area (Å²) < 4.78 is 9.75. The van der Waals surface area contributed by atoms with Crippen LogP contribution >= 0.6 is 0 Å². The molecular formula is C17H31NO6. The van der Waals surface area contributed by atoms with Crippen molar-refractivity contribution in [2.24, 2.45) is 5.92 Å². The van der Waals surface area contributed by atoms with Crippen LogP contribution in [0.1, 0.15) is 53.9 Å². The molecule has 0 saturated carbocycles. The van der Waals surface area contributed by atoms with Gasteiger partial charge >= 0.3 is 11.9 Å². The van der Waals surface area contributed by atoms with E-state index in [1.807, 2.05) is 32.6 Å². The molecule has 0 amide bonds. The third-order valence-corrected chi connectivity index (χ3v) is 4.91. The number of piperidine rings is 1. The van der Waals surface area contributed by atoms with E-state index in [0.29, 0.717) is 6.42 Å². The SMILES string of the molecule is COC(=O)CCC(=O)OCC1C(O)CC(C)(C)N(C(C)O)C1(C)C. The highest BCUT2D eigenvalue weighted by molar-refractivity contribution is 5.77. The van der Waals surface area contributed by atoms with E-state index >= 15 is 0 Å². The molecule has 0 radical (unpaired) electrons. The molecule has 0 aliphatic carbocycles. The fourth-order valence-electron chi connectivity index (χ4n) is 4.05. The van der Waals surface area contributed by atoms with Crippen molar-refractivity contribution < 1.29 is 29.3 Å². The summed E-state index contributed by atoms with van der Waals surface area (Å²) in [5, 5.41) is 20.7. The van der Waals surface area contributed by atoms with Gasteiger partial charge in [0.1, 0.15) is 6.23 Å². The summed E-state index contributed by atoms with van der Waals surface area (Å²) in [4.78, 5) is 24.8. The van der Waals surface area contributed by atoms with E-state index in [2.05, 4.69) is 4.74 Å². The lowest BCUT2D eigenvalue weighted by molar-refractivity contribution is -0.196. The fourth-order valence-corrected chi connectivity index (χ4v) is 4.05. The van der Waals surface area contributed by atoms with Gasteiger partial charge in [-0.15, -0.1) is 0 Å². The Hall–Kier alpha value is -1.18. The van der Waals surface area contributed by atoms with Gasteiger partial charge in [0.05, 0.1) is 32.7 Å². The van der Waals surface area contributed by atoms with Crippen LogP contribution in [0.5, 0.6) is 0 Å². The summed E-state index contributed by atoms with van der Waals surface area (Å²) in [6.45, 7) is 9.54. The molecule has 140 valence electrons. The average Bonchev–Trinajstić information content (AvgIpc) is 2.41. The van der Waals surface area contributed by atoms with Gasteiger partial charge in [0.2, 0.25) is 0 Å². The van der Waals surface area contributed by atoms with E-state index in [4.69, 9.17) is 4.74 Å². The van der Waals surface area contributed by atoms with Crippen molar-refractivity contribution >= 4 is 11.9 Å². The van der Waals surface area contributed by atoms with Crippen molar-refractivity contribution in [1.29, 1.82) is 0 Å². The number of rotatable bonds is 6. The molecule has 1 saturated heterocycles. The molecule has 1 fully saturated rings. The Bertz CT molecular complexity index is 460. The van der Waals surface area contributed by atoms with E-state index in [1.165, 1.54) is 7.11 Å². The zero-order valence-corrected chi connectivity index (χ0v) is 15.5. The monoisotopic (exact) mass is 345 g/mol. The third kappa shape index (κ3) is 4.68. The standard InChI is InChI=1S/C17H31NO6/c1-11(19)18-16(2,3)9-13(20)12(17(18,4)5)10-24-15(22)8-7-14(21)23-6/h11-13,19-20H,7-10H2,1-6H3. The number of hydrogen-bond donors (Lipinski definition) is 2. The Labute approximate surface area is 143 Å². The van der Waals surface area contributed by atoms with Crippen LogP contribution in [-0.2, 0) is 19.1 Å². The predicted molar refractivity (Wildman–Crippen MR) is 88.0 cm³/mol. The van der Waals surface area contributed by atoms with E-state index in [1.54, 1.807) is 6.92 Å². The Kier molecular flexibility index (Phi) is 6.78. The van der Waals surface area contributed by atoms with Gasteiger partial charge in [0.15, 0.2) is 0 Å². The molecule has 0 aromatic rings. The maximum Gasteiger partial charge on any atom is 0.306 e. The smallest absolute Gasteiger partial charge is 0.306 e. The lowest BCUT2D eigenvalue weighted by atomic mass is 9.70. The van der Waals surface area contributed by atoms with Gasteiger partial charge in [0.25, 0.3) is 0 Å². The summed E-state index contributed by atoms with van der Waals surface area (Å²) >= 11 is 0. The van der Waals surface area contributed by atoms with Crippen LogP contribution in [0.2, 0.25) is 0 Å². The Morgan fingerprint density at radius 1 is 1.21 bits per heavy atom. The van der Waals surface area contributed by atoms with Crippen LogP contribution in [0.25, 0.3) is 0 Å². The van der Waals surface area contributed by atoms with Crippen molar-refractivity contribution in [2.75, 3.05) is 13.7 Å². The van der Waals surface area contributed by atoms with Crippen LogP contribution in [0.15, 0.2) is 0 Å². The van der Waals surface area contributed by atoms with Crippen molar-refractivity contribution in [1.82, 2.24) is 4.90 Å². The van der Waals surface area contributed by atoms with E-state index in [9.17, 15) is 19.8 Å². The Morgan fingerprint density at radius 3 is 2.25 bits per heavy atom. The average molecular weight is 345 g/mol. The Morgan fingerprint density at radius 2 is 1.75 bits per heavy atom. The first-order chi connectivity index (χ1) is 10.9. The number of carbonyl (C=O) groups excluding carboxylic acids is 2. The minimum Gasteiger partial charge on any atom is -0.469 e. The topological polar surface area (TPSA) is 96.3 Å². The number of esters is 2. The Balaban J connectivity index is 2.76. The molecule has 1 aliphatic rings. The lowest BCUT2D eigenvalue weighted by Crippen LogP contribution is -2.69.